The van der Waals surface area contributed by atoms with Crippen LogP contribution in [0.4, 0.5) is 11.5 Å². The number of nitrogens with one attached hydrogen (secondary N) is 2. The van der Waals surface area contributed by atoms with Gasteiger partial charge in [0.25, 0.3) is 5.91 Å². The predicted molar refractivity (Wildman–Crippen MR) is 173 cm³/mol. The molecule has 3 heterocycles. The van der Waals surface area contributed by atoms with Crippen molar-refractivity contribution in [2.75, 3.05) is 37.9 Å². The molecule has 9 heteroatoms. The van der Waals surface area contributed by atoms with Crippen LogP contribution >= 0.6 is 0 Å². The highest BCUT2D eigenvalue weighted by Gasteiger charge is 2.20. The summed E-state index contributed by atoms with van der Waals surface area (Å²) >= 11 is 0. The lowest BCUT2D eigenvalue weighted by Gasteiger charge is -2.23. The van der Waals surface area contributed by atoms with Gasteiger partial charge in [-0.25, -0.2) is 4.98 Å². The van der Waals surface area contributed by atoms with Gasteiger partial charge in [-0.05, 0) is 66.1 Å². The summed E-state index contributed by atoms with van der Waals surface area (Å²) in [5.41, 5.74) is 18.2. The number of aryl methyl sites for hydroxylation is 1. The van der Waals surface area contributed by atoms with Gasteiger partial charge in [-0.15, -0.1) is 0 Å². The molecular formula is C34H38N6O3. The Morgan fingerprint density at radius 2 is 1.72 bits per heavy atom. The highest BCUT2D eigenvalue weighted by Crippen LogP contribution is 2.29. The van der Waals surface area contributed by atoms with Crippen LogP contribution in [-0.2, 0) is 11.3 Å². The zero-order valence-electron chi connectivity index (χ0n) is 24.6. The standard InChI is InChI=1S/C34H38N6O3/c1-22-3-5-25(6-4-22)30-20-40(19-23-11-13-43-14-12-23)21-31(32(30)41)34(42)39-28-9-7-24(8-10-28)29-15-26(18-38-33(29)36)27(16-35)17-37-2/h3-10,15,17-18,20-21,23,37H,11-14,16,19,35H2,1-2H3,(H2,36,38)(H,39,42)/b27-17+. The first kappa shape index (κ1) is 29.8. The van der Waals surface area contributed by atoms with E-state index in [2.05, 4.69) is 15.6 Å². The molecule has 1 aliphatic heterocycles. The molecule has 1 amide bonds. The van der Waals surface area contributed by atoms with Crippen molar-refractivity contribution in [2.45, 2.75) is 26.3 Å². The number of rotatable bonds is 9. The number of benzene rings is 2. The number of anilines is 2. The topological polar surface area (TPSA) is 137 Å². The van der Waals surface area contributed by atoms with Crippen LogP contribution in [0.15, 0.2) is 84.2 Å². The third-order valence-corrected chi connectivity index (χ3v) is 7.78. The number of ether oxygens (including phenoxy) is 1. The van der Waals surface area contributed by atoms with E-state index in [0.717, 1.165) is 59.4 Å². The van der Waals surface area contributed by atoms with Gasteiger partial charge in [-0.2, -0.15) is 0 Å². The Morgan fingerprint density at radius 1 is 1.05 bits per heavy atom. The fourth-order valence-electron chi connectivity index (χ4n) is 5.31. The lowest BCUT2D eigenvalue weighted by atomic mass is 9.99. The third kappa shape index (κ3) is 7.02. The Kier molecular flexibility index (Phi) is 9.34. The zero-order valence-corrected chi connectivity index (χ0v) is 24.6. The molecule has 4 aromatic rings. The maximum atomic E-state index is 13.6. The molecule has 2 aromatic carbocycles. The minimum atomic E-state index is -0.458. The number of carbonyl (C=O) groups is 1. The third-order valence-electron chi connectivity index (χ3n) is 7.78. The van der Waals surface area contributed by atoms with E-state index in [1.165, 1.54) is 0 Å². The van der Waals surface area contributed by atoms with Crippen LogP contribution in [0.25, 0.3) is 27.8 Å². The largest absolute Gasteiger partial charge is 0.394 e. The molecule has 1 fully saturated rings. The molecule has 1 saturated heterocycles. The molecule has 0 aliphatic carbocycles. The van der Waals surface area contributed by atoms with Gasteiger partial charge in [0.05, 0.1) is 0 Å². The number of hydrogen-bond acceptors (Lipinski definition) is 7. The van der Waals surface area contributed by atoms with E-state index < -0.39 is 5.91 Å². The number of nitrogen functional groups attached to an aromatic ring is 1. The quantitative estimate of drug-likeness (QED) is 0.227. The molecule has 5 rings (SSSR count). The second kappa shape index (κ2) is 13.5. The fraction of sp³-hybridized carbons (Fsp3) is 0.265. The van der Waals surface area contributed by atoms with Crippen LogP contribution in [-0.4, -0.2) is 42.3 Å². The minimum Gasteiger partial charge on any atom is -0.394 e. The average Bonchev–Trinajstić information content (AvgIpc) is 3.02. The second-order valence-corrected chi connectivity index (χ2v) is 10.9. The van der Waals surface area contributed by atoms with Crippen molar-refractivity contribution in [3.8, 4) is 22.3 Å². The van der Waals surface area contributed by atoms with Crippen LogP contribution in [0.5, 0.6) is 0 Å². The summed E-state index contributed by atoms with van der Waals surface area (Å²) in [5.74, 6) is 0.348. The highest BCUT2D eigenvalue weighted by atomic mass is 16.5. The van der Waals surface area contributed by atoms with E-state index in [0.29, 0.717) is 36.1 Å². The van der Waals surface area contributed by atoms with Gasteiger partial charge in [0, 0.05) is 75.0 Å². The molecule has 0 atom stereocenters. The van der Waals surface area contributed by atoms with Crippen LogP contribution in [0.3, 0.4) is 0 Å². The van der Waals surface area contributed by atoms with Gasteiger partial charge in [0.1, 0.15) is 11.4 Å². The molecule has 0 saturated carbocycles. The maximum Gasteiger partial charge on any atom is 0.261 e. The van der Waals surface area contributed by atoms with E-state index in [1.54, 1.807) is 24.5 Å². The predicted octanol–water partition coefficient (Wildman–Crippen LogP) is 4.67. The van der Waals surface area contributed by atoms with Crippen LogP contribution in [0.2, 0.25) is 0 Å². The lowest BCUT2D eigenvalue weighted by molar-refractivity contribution is 0.0612. The molecule has 0 radical (unpaired) electrons. The van der Waals surface area contributed by atoms with Crippen LogP contribution < -0.4 is 27.5 Å². The number of carbonyl (C=O) groups excluding carboxylic acids is 1. The van der Waals surface area contributed by atoms with Gasteiger partial charge in [0.15, 0.2) is 0 Å². The second-order valence-electron chi connectivity index (χ2n) is 10.9. The molecule has 0 unspecified atom stereocenters. The molecule has 0 spiro atoms. The molecule has 6 N–H and O–H groups in total. The Balaban J connectivity index is 1.42. The first-order valence-corrected chi connectivity index (χ1v) is 14.5. The van der Waals surface area contributed by atoms with Crippen LogP contribution in [0, 0.1) is 12.8 Å². The van der Waals surface area contributed by atoms with Crippen molar-refractivity contribution in [3.63, 3.8) is 0 Å². The summed E-state index contributed by atoms with van der Waals surface area (Å²) < 4.78 is 7.50. The van der Waals surface area contributed by atoms with Crippen molar-refractivity contribution in [1.82, 2.24) is 14.9 Å². The monoisotopic (exact) mass is 578 g/mol. The summed E-state index contributed by atoms with van der Waals surface area (Å²) in [6.45, 7) is 4.51. The highest BCUT2D eigenvalue weighted by molar-refractivity contribution is 6.04. The van der Waals surface area contributed by atoms with E-state index in [-0.39, 0.29) is 11.0 Å². The molecule has 9 nitrogen and oxygen atoms in total. The summed E-state index contributed by atoms with van der Waals surface area (Å²) in [4.78, 5) is 31.5. The first-order valence-electron chi connectivity index (χ1n) is 14.5. The van der Waals surface area contributed by atoms with E-state index in [4.69, 9.17) is 16.2 Å². The van der Waals surface area contributed by atoms with Crippen molar-refractivity contribution < 1.29 is 9.53 Å². The van der Waals surface area contributed by atoms with Gasteiger partial charge >= 0.3 is 0 Å². The molecule has 222 valence electrons. The zero-order chi connectivity index (χ0) is 30.3. The molecule has 0 bridgehead atoms. The number of nitrogens with two attached hydrogens (primary N) is 2. The van der Waals surface area contributed by atoms with Gasteiger partial charge in [-0.1, -0.05) is 42.0 Å². The molecule has 43 heavy (non-hydrogen) atoms. The Morgan fingerprint density at radius 3 is 2.40 bits per heavy atom. The van der Waals surface area contributed by atoms with Gasteiger partial charge in [0.2, 0.25) is 5.43 Å². The lowest BCUT2D eigenvalue weighted by Crippen LogP contribution is -2.26. The van der Waals surface area contributed by atoms with Crippen LogP contribution in [0.1, 0.15) is 34.3 Å². The van der Waals surface area contributed by atoms with E-state index in [9.17, 15) is 9.59 Å². The van der Waals surface area contributed by atoms with Gasteiger partial charge in [-0.3, -0.25) is 9.59 Å². The Bertz CT molecular complexity index is 1670. The fourth-order valence-corrected chi connectivity index (χ4v) is 5.31. The minimum absolute atomic E-state index is 0.0981. The summed E-state index contributed by atoms with van der Waals surface area (Å²) in [6.07, 6.45) is 8.96. The normalized spacial score (nSPS) is 14.0. The summed E-state index contributed by atoms with van der Waals surface area (Å²) in [6, 6.07) is 17.0. The Hall–Kier alpha value is -4.73. The Labute approximate surface area is 251 Å². The SMILES string of the molecule is CN/C=C(\CN)c1cnc(N)c(-c2ccc(NC(=O)c3cn(CC4CCOCC4)cc(-c4ccc(C)cc4)c3=O)cc2)c1. The van der Waals surface area contributed by atoms with Crippen molar-refractivity contribution in [2.24, 2.45) is 11.7 Å². The number of nitrogens with zero attached hydrogens (tertiary/aromatic N) is 2. The molecular weight excluding hydrogens is 540 g/mol. The number of hydrogen-bond donors (Lipinski definition) is 4. The number of amides is 1. The van der Waals surface area contributed by atoms with Crippen molar-refractivity contribution in [3.05, 3.63) is 106 Å². The maximum absolute atomic E-state index is 13.6. The van der Waals surface area contributed by atoms with Crippen molar-refractivity contribution in [1.29, 1.82) is 0 Å². The van der Waals surface area contributed by atoms with Crippen molar-refractivity contribution >= 4 is 23.0 Å². The first-order chi connectivity index (χ1) is 20.9. The smallest absolute Gasteiger partial charge is 0.261 e. The molecule has 1 aliphatic rings. The summed E-state index contributed by atoms with van der Waals surface area (Å²) in [5, 5.41) is 5.92. The average molecular weight is 579 g/mol. The van der Waals surface area contributed by atoms with E-state index >= 15 is 0 Å². The summed E-state index contributed by atoms with van der Waals surface area (Å²) in [7, 11) is 1.81. The number of aromatic nitrogens is 2. The van der Waals surface area contributed by atoms with E-state index in [1.807, 2.05) is 73.4 Å². The molecule has 2 aromatic heterocycles. The van der Waals surface area contributed by atoms with Gasteiger partial charge < -0.3 is 31.4 Å². The number of pyridine rings is 2.